The maximum Gasteiger partial charge on any atom is 0.416 e. The molecule has 3 N–H and O–H groups in total. The topological polar surface area (TPSA) is 50.4 Å². The number of anilines is 1. The van der Waals surface area contributed by atoms with Crippen molar-refractivity contribution in [3.8, 4) is 0 Å². The number of aryl methyl sites for hydroxylation is 2. The van der Waals surface area contributed by atoms with Gasteiger partial charge < -0.3 is 11.1 Å². The molecule has 2 aromatic rings. The lowest BCUT2D eigenvalue weighted by Crippen LogP contribution is -2.23. The van der Waals surface area contributed by atoms with E-state index >= 15 is 0 Å². The van der Waals surface area contributed by atoms with E-state index in [0.29, 0.717) is 11.8 Å². The fraction of sp³-hybridized carbons (Fsp3) is 0.235. The first kappa shape index (κ1) is 17.8. The molecule has 0 aliphatic carbocycles. The van der Waals surface area contributed by atoms with Gasteiger partial charge in [0, 0.05) is 5.69 Å². The first-order valence-corrected chi connectivity index (χ1v) is 7.16. The summed E-state index contributed by atoms with van der Waals surface area (Å²) >= 11 is 0. The zero-order valence-electron chi connectivity index (χ0n) is 13.2. The Hall–Kier alpha value is -2.57. The molecule has 128 valence electrons. The van der Waals surface area contributed by atoms with Gasteiger partial charge in [0.15, 0.2) is 5.96 Å². The highest BCUT2D eigenvalue weighted by atomic mass is 19.4. The largest absolute Gasteiger partial charge is 0.416 e. The molecule has 0 saturated heterocycles. The molecule has 3 nitrogen and oxygen atoms in total. The van der Waals surface area contributed by atoms with Crippen LogP contribution in [0, 0.1) is 19.7 Å². The fourth-order valence-corrected chi connectivity index (χ4v) is 2.36. The predicted molar refractivity (Wildman–Crippen MR) is 86.3 cm³/mol. The smallest absolute Gasteiger partial charge is 0.370 e. The number of hydrogen-bond donors (Lipinski definition) is 2. The third-order valence-electron chi connectivity index (χ3n) is 3.29. The monoisotopic (exact) mass is 339 g/mol. The molecule has 0 fully saturated rings. The summed E-state index contributed by atoms with van der Waals surface area (Å²) in [5, 5.41) is 2.84. The zero-order valence-corrected chi connectivity index (χ0v) is 13.2. The highest BCUT2D eigenvalue weighted by molar-refractivity contribution is 5.92. The fourth-order valence-electron chi connectivity index (χ4n) is 2.36. The second-order valence-corrected chi connectivity index (χ2v) is 5.50. The van der Waals surface area contributed by atoms with Crippen molar-refractivity contribution in [2.45, 2.75) is 26.6 Å². The van der Waals surface area contributed by atoms with Crippen LogP contribution >= 0.6 is 0 Å². The van der Waals surface area contributed by atoms with Crippen LogP contribution in [0.5, 0.6) is 0 Å². The van der Waals surface area contributed by atoms with Gasteiger partial charge in [-0.3, -0.25) is 0 Å². The summed E-state index contributed by atoms with van der Waals surface area (Å²) in [7, 11) is 0. The van der Waals surface area contributed by atoms with Crippen molar-refractivity contribution < 1.29 is 17.6 Å². The molecule has 0 spiro atoms. The number of guanidine groups is 1. The minimum absolute atomic E-state index is 0.0163. The van der Waals surface area contributed by atoms with Crippen molar-refractivity contribution in [1.29, 1.82) is 0 Å². The zero-order chi connectivity index (χ0) is 17.9. The SMILES string of the molecule is Cc1cc(C)cc(NC(N)=NCc2ccc(F)cc2C(F)(F)F)c1. The standard InChI is InChI=1S/C17H17F4N3/c1-10-5-11(2)7-14(6-10)24-16(22)23-9-12-3-4-13(18)8-15(12)17(19,20)21/h3-8H,9H2,1-2H3,(H3,22,23,24). The van der Waals surface area contributed by atoms with Crippen molar-refractivity contribution in [3.05, 3.63) is 64.5 Å². The molecule has 0 unspecified atom stereocenters. The molecule has 0 bridgehead atoms. The molecule has 2 aromatic carbocycles. The lowest BCUT2D eigenvalue weighted by molar-refractivity contribution is -0.138. The summed E-state index contributed by atoms with van der Waals surface area (Å²) in [5.74, 6) is -0.964. The van der Waals surface area contributed by atoms with Crippen LogP contribution in [-0.2, 0) is 12.7 Å². The Morgan fingerprint density at radius 3 is 2.29 bits per heavy atom. The van der Waals surface area contributed by atoms with Crippen LogP contribution in [0.25, 0.3) is 0 Å². The molecule has 0 aliphatic heterocycles. The second kappa shape index (κ2) is 6.90. The number of hydrogen-bond acceptors (Lipinski definition) is 1. The molecule has 0 amide bonds. The molecule has 7 heteroatoms. The Kier molecular flexibility index (Phi) is 5.11. The van der Waals surface area contributed by atoms with E-state index in [2.05, 4.69) is 10.3 Å². The van der Waals surface area contributed by atoms with Crippen LogP contribution in [0.3, 0.4) is 0 Å². The number of alkyl halides is 3. The van der Waals surface area contributed by atoms with E-state index in [-0.39, 0.29) is 18.1 Å². The van der Waals surface area contributed by atoms with E-state index in [1.807, 2.05) is 32.0 Å². The summed E-state index contributed by atoms with van der Waals surface area (Å²) in [5.41, 5.74) is 7.26. The van der Waals surface area contributed by atoms with Crippen LogP contribution in [0.15, 0.2) is 41.4 Å². The molecule has 0 heterocycles. The Labute approximate surface area is 137 Å². The minimum Gasteiger partial charge on any atom is -0.370 e. The van der Waals surface area contributed by atoms with Gasteiger partial charge in [-0.25, -0.2) is 9.38 Å². The van der Waals surface area contributed by atoms with Crippen LogP contribution < -0.4 is 11.1 Å². The lowest BCUT2D eigenvalue weighted by Gasteiger charge is -2.12. The summed E-state index contributed by atoms with van der Waals surface area (Å²) in [6.45, 7) is 3.53. The number of nitrogens with zero attached hydrogens (tertiary/aromatic N) is 1. The summed E-state index contributed by atoms with van der Waals surface area (Å²) in [6.07, 6.45) is -4.65. The quantitative estimate of drug-likeness (QED) is 0.495. The van der Waals surface area contributed by atoms with Crippen LogP contribution in [0.2, 0.25) is 0 Å². The third kappa shape index (κ3) is 4.71. The number of nitrogens with one attached hydrogen (secondary N) is 1. The molecule has 24 heavy (non-hydrogen) atoms. The average Bonchev–Trinajstić information content (AvgIpc) is 2.43. The molecule has 0 atom stereocenters. The van der Waals surface area contributed by atoms with Gasteiger partial charge in [0.05, 0.1) is 12.1 Å². The maximum absolute atomic E-state index is 13.1. The second-order valence-electron chi connectivity index (χ2n) is 5.50. The number of nitrogens with two attached hydrogens (primary N) is 1. The Morgan fingerprint density at radius 2 is 1.71 bits per heavy atom. The van der Waals surface area contributed by atoms with Gasteiger partial charge in [-0.05, 0) is 54.8 Å². The molecular weight excluding hydrogens is 322 g/mol. The minimum atomic E-state index is -4.65. The van der Waals surface area contributed by atoms with Gasteiger partial charge in [-0.2, -0.15) is 13.2 Å². The van der Waals surface area contributed by atoms with Crippen LogP contribution in [0.1, 0.15) is 22.3 Å². The van der Waals surface area contributed by atoms with Gasteiger partial charge >= 0.3 is 6.18 Å². The molecule has 0 aromatic heterocycles. The molecule has 0 radical (unpaired) electrons. The molecular formula is C17H17F4N3. The van der Waals surface area contributed by atoms with E-state index in [1.165, 1.54) is 0 Å². The first-order valence-electron chi connectivity index (χ1n) is 7.16. The average molecular weight is 339 g/mol. The Bertz CT molecular complexity index is 747. The van der Waals surface area contributed by atoms with Crippen molar-refractivity contribution in [2.75, 3.05) is 5.32 Å². The Balaban J connectivity index is 2.18. The molecule has 2 rings (SSSR count). The molecule has 0 saturated carbocycles. The van der Waals surface area contributed by atoms with Crippen LogP contribution in [-0.4, -0.2) is 5.96 Å². The van der Waals surface area contributed by atoms with Gasteiger partial charge in [-0.1, -0.05) is 12.1 Å². The normalized spacial score (nSPS) is 12.3. The Morgan fingerprint density at radius 1 is 1.08 bits per heavy atom. The van der Waals surface area contributed by atoms with E-state index in [0.717, 1.165) is 23.3 Å². The molecule has 0 aliphatic rings. The van der Waals surface area contributed by atoms with Gasteiger partial charge in [0.1, 0.15) is 5.82 Å². The first-order chi connectivity index (χ1) is 11.1. The van der Waals surface area contributed by atoms with Crippen molar-refractivity contribution in [3.63, 3.8) is 0 Å². The number of aliphatic imine (C=N–C) groups is 1. The summed E-state index contributed by atoms with van der Waals surface area (Å²) in [6, 6.07) is 8.15. The van der Waals surface area contributed by atoms with E-state index < -0.39 is 17.6 Å². The van der Waals surface area contributed by atoms with E-state index in [9.17, 15) is 17.6 Å². The maximum atomic E-state index is 13.1. The third-order valence-corrected chi connectivity index (χ3v) is 3.29. The van der Waals surface area contributed by atoms with Crippen molar-refractivity contribution >= 4 is 11.6 Å². The van der Waals surface area contributed by atoms with Crippen LogP contribution in [0.4, 0.5) is 23.2 Å². The van der Waals surface area contributed by atoms with Gasteiger partial charge in [-0.15, -0.1) is 0 Å². The number of benzene rings is 2. The summed E-state index contributed by atoms with van der Waals surface area (Å²) in [4.78, 5) is 3.91. The van der Waals surface area contributed by atoms with Gasteiger partial charge in [0.25, 0.3) is 0 Å². The highest BCUT2D eigenvalue weighted by Crippen LogP contribution is 2.32. The van der Waals surface area contributed by atoms with Crippen molar-refractivity contribution in [2.24, 2.45) is 10.7 Å². The van der Waals surface area contributed by atoms with E-state index in [4.69, 9.17) is 5.73 Å². The van der Waals surface area contributed by atoms with Crippen molar-refractivity contribution in [1.82, 2.24) is 0 Å². The lowest BCUT2D eigenvalue weighted by atomic mass is 10.1. The van der Waals surface area contributed by atoms with E-state index in [1.54, 1.807) is 0 Å². The number of halogens is 4. The van der Waals surface area contributed by atoms with Gasteiger partial charge in [0.2, 0.25) is 0 Å². The highest BCUT2D eigenvalue weighted by Gasteiger charge is 2.33. The number of rotatable bonds is 3. The predicted octanol–water partition coefficient (Wildman–Crippen LogP) is 4.39. The summed E-state index contributed by atoms with van der Waals surface area (Å²) < 4.78 is 51.8.